The van der Waals surface area contributed by atoms with E-state index in [-0.39, 0.29) is 13.0 Å². The zero-order valence-electron chi connectivity index (χ0n) is 6.74. The summed E-state index contributed by atoms with van der Waals surface area (Å²) in [5, 5.41) is 19.6. The number of hydrogen-bond donors (Lipinski definition) is 3. The molecule has 0 spiro atoms. The second-order valence-electron chi connectivity index (χ2n) is 3.11. The molecule has 0 aromatic rings. The van der Waals surface area contributed by atoms with Crippen molar-refractivity contribution in [3.05, 3.63) is 0 Å². The van der Waals surface area contributed by atoms with Crippen LogP contribution < -0.4 is 5.32 Å². The van der Waals surface area contributed by atoms with Crippen LogP contribution in [-0.4, -0.2) is 34.6 Å². The van der Waals surface area contributed by atoms with Crippen molar-refractivity contribution >= 4 is 17.8 Å². The van der Waals surface area contributed by atoms with E-state index in [1.165, 1.54) is 0 Å². The molecule has 72 valence electrons. The van der Waals surface area contributed by atoms with E-state index in [1.807, 2.05) is 0 Å². The van der Waals surface area contributed by atoms with Crippen LogP contribution in [0.15, 0.2) is 0 Å². The van der Waals surface area contributed by atoms with E-state index in [4.69, 9.17) is 10.2 Å². The molecular weight excluding hydrogens is 178 g/mol. The highest BCUT2D eigenvalue weighted by Crippen LogP contribution is 2.30. The van der Waals surface area contributed by atoms with Gasteiger partial charge in [-0.1, -0.05) is 0 Å². The molecule has 1 amide bonds. The van der Waals surface area contributed by atoms with Gasteiger partial charge in [0.1, 0.15) is 5.41 Å². The molecule has 6 heteroatoms. The average Bonchev–Trinajstić information content (AvgIpc) is 2.31. The van der Waals surface area contributed by atoms with Gasteiger partial charge in [-0.05, 0) is 0 Å². The topological polar surface area (TPSA) is 104 Å². The summed E-state index contributed by atoms with van der Waals surface area (Å²) in [7, 11) is 0. The van der Waals surface area contributed by atoms with Gasteiger partial charge in [-0.15, -0.1) is 0 Å². The molecule has 0 saturated carbocycles. The molecular formula is C7H9NO5. The minimum atomic E-state index is -1.46. The van der Waals surface area contributed by atoms with Crippen LogP contribution in [0.25, 0.3) is 0 Å². The second kappa shape index (κ2) is 3.04. The fraction of sp³-hybridized carbons (Fsp3) is 0.571. The Balaban J connectivity index is 2.83. The fourth-order valence-corrected chi connectivity index (χ4v) is 1.34. The van der Waals surface area contributed by atoms with Gasteiger partial charge in [0.2, 0.25) is 5.91 Å². The first-order valence-corrected chi connectivity index (χ1v) is 3.68. The highest BCUT2D eigenvalue weighted by Gasteiger charge is 2.47. The largest absolute Gasteiger partial charge is 0.481 e. The second-order valence-corrected chi connectivity index (χ2v) is 3.11. The Hall–Kier alpha value is -1.59. The molecule has 0 aliphatic carbocycles. The minimum Gasteiger partial charge on any atom is -0.481 e. The minimum absolute atomic E-state index is 0.104. The predicted octanol–water partition coefficient (Wildman–Crippen LogP) is -0.948. The van der Waals surface area contributed by atoms with Crippen LogP contribution in [-0.2, 0) is 14.4 Å². The average molecular weight is 187 g/mol. The first-order chi connectivity index (χ1) is 5.96. The van der Waals surface area contributed by atoms with Gasteiger partial charge in [-0.25, -0.2) is 0 Å². The van der Waals surface area contributed by atoms with E-state index in [2.05, 4.69) is 5.32 Å². The normalized spacial score (nSPS) is 26.9. The number of carbonyl (C=O) groups excluding carboxylic acids is 1. The number of carboxylic acids is 2. The maximum Gasteiger partial charge on any atom is 0.312 e. The van der Waals surface area contributed by atoms with Crippen LogP contribution in [0.1, 0.15) is 12.8 Å². The number of aliphatic carboxylic acids is 2. The maximum absolute atomic E-state index is 10.8. The van der Waals surface area contributed by atoms with Gasteiger partial charge in [0.15, 0.2) is 0 Å². The molecule has 3 N–H and O–H groups in total. The molecule has 1 rings (SSSR count). The van der Waals surface area contributed by atoms with Crippen molar-refractivity contribution in [1.82, 2.24) is 5.32 Å². The first kappa shape index (κ1) is 9.50. The third-order valence-corrected chi connectivity index (χ3v) is 2.07. The van der Waals surface area contributed by atoms with Crippen molar-refractivity contribution in [3.8, 4) is 0 Å². The Bertz CT molecular complexity index is 274. The number of rotatable bonds is 3. The zero-order chi connectivity index (χ0) is 10.1. The van der Waals surface area contributed by atoms with Crippen molar-refractivity contribution in [2.75, 3.05) is 6.54 Å². The quantitative estimate of drug-likeness (QED) is 0.528. The van der Waals surface area contributed by atoms with Crippen molar-refractivity contribution in [1.29, 1.82) is 0 Å². The Morgan fingerprint density at radius 1 is 1.46 bits per heavy atom. The molecule has 1 heterocycles. The van der Waals surface area contributed by atoms with Crippen molar-refractivity contribution in [2.45, 2.75) is 12.8 Å². The molecule has 1 atom stereocenters. The highest BCUT2D eigenvalue weighted by atomic mass is 16.4. The third-order valence-electron chi connectivity index (χ3n) is 2.07. The van der Waals surface area contributed by atoms with E-state index >= 15 is 0 Å². The van der Waals surface area contributed by atoms with Gasteiger partial charge >= 0.3 is 11.9 Å². The molecule has 0 aromatic carbocycles. The number of nitrogens with one attached hydrogen (secondary N) is 1. The Morgan fingerprint density at radius 3 is 2.38 bits per heavy atom. The zero-order valence-corrected chi connectivity index (χ0v) is 6.74. The van der Waals surface area contributed by atoms with Crippen LogP contribution in [0.3, 0.4) is 0 Å². The van der Waals surface area contributed by atoms with Crippen molar-refractivity contribution < 1.29 is 24.6 Å². The SMILES string of the molecule is O=C(O)C[C@@]1(C(=O)O)CNC(=O)C1. The summed E-state index contributed by atoms with van der Waals surface area (Å²) in [4.78, 5) is 31.9. The lowest BCUT2D eigenvalue weighted by Gasteiger charge is -2.18. The molecule has 13 heavy (non-hydrogen) atoms. The van der Waals surface area contributed by atoms with Crippen LogP contribution >= 0.6 is 0 Å². The number of hydrogen-bond acceptors (Lipinski definition) is 3. The molecule has 6 nitrogen and oxygen atoms in total. The van der Waals surface area contributed by atoms with Crippen molar-refractivity contribution in [2.24, 2.45) is 5.41 Å². The summed E-state index contributed by atoms with van der Waals surface area (Å²) in [5.41, 5.74) is -1.46. The number of amides is 1. The molecule has 0 aromatic heterocycles. The molecule has 0 unspecified atom stereocenters. The standard InChI is InChI=1S/C7H9NO5/c9-4-1-7(3-8-4,6(12)13)2-5(10)11/h1-3H2,(H,8,9)(H,10,11)(H,12,13)/t7-/m1/s1. The molecule has 1 aliphatic rings. The van der Waals surface area contributed by atoms with E-state index in [1.54, 1.807) is 0 Å². The van der Waals surface area contributed by atoms with Gasteiger partial charge in [0, 0.05) is 13.0 Å². The summed E-state index contributed by atoms with van der Waals surface area (Å²) in [6.45, 7) is -0.104. The predicted molar refractivity (Wildman–Crippen MR) is 39.9 cm³/mol. The molecule has 1 saturated heterocycles. The van der Waals surface area contributed by atoms with Crippen LogP contribution in [0.5, 0.6) is 0 Å². The molecule has 0 bridgehead atoms. The number of carbonyl (C=O) groups is 3. The fourth-order valence-electron chi connectivity index (χ4n) is 1.34. The van der Waals surface area contributed by atoms with Crippen LogP contribution in [0.4, 0.5) is 0 Å². The maximum atomic E-state index is 10.8. The van der Waals surface area contributed by atoms with E-state index in [9.17, 15) is 14.4 Å². The van der Waals surface area contributed by atoms with E-state index < -0.39 is 29.7 Å². The van der Waals surface area contributed by atoms with Crippen LogP contribution in [0.2, 0.25) is 0 Å². The Kier molecular flexibility index (Phi) is 2.22. The summed E-state index contributed by atoms with van der Waals surface area (Å²) in [5.74, 6) is -2.86. The summed E-state index contributed by atoms with van der Waals surface area (Å²) in [6, 6.07) is 0. The van der Waals surface area contributed by atoms with Gasteiger partial charge in [-0.2, -0.15) is 0 Å². The van der Waals surface area contributed by atoms with Gasteiger partial charge in [0.25, 0.3) is 0 Å². The van der Waals surface area contributed by atoms with E-state index in [0.29, 0.717) is 0 Å². The smallest absolute Gasteiger partial charge is 0.312 e. The summed E-state index contributed by atoms with van der Waals surface area (Å²) < 4.78 is 0. The van der Waals surface area contributed by atoms with Crippen molar-refractivity contribution in [3.63, 3.8) is 0 Å². The lowest BCUT2D eigenvalue weighted by Crippen LogP contribution is -2.35. The lowest BCUT2D eigenvalue weighted by molar-refractivity contribution is -0.155. The van der Waals surface area contributed by atoms with Crippen LogP contribution in [0, 0.1) is 5.41 Å². The third kappa shape index (κ3) is 1.77. The highest BCUT2D eigenvalue weighted by molar-refractivity contribution is 5.91. The molecule has 1 aliphatic heterocycles. The van der Waals surface area contributed by atoms with Gasteiger partial charge < -0.3 is 15.5 Å². The summed E-state index contributed by atoms with van der Waals surface area (Å²) >= 11 is 0. The summed E-state index contributed by atoms with van der Waals surface area (Å²) in [6.07, 6.45) is -0.782. The first-order valence-electron chi connectivity index (χ1n) is 3.68. The van der Waals surface area contributed by atoms with E-state index in [0.717, 1.165) is 0 Å². The molecule has 1 fully saturated rings. The molecule has 0 radical (unpaired) electrons. The van der Waals surface area contributed by atoms with Gasteiger partial charge in [0.05, 0.1) is 6.42 Å². The Morgan fingerprint density at radius 2 is 2.08 bits per heavy atom. The van der Waals surface area contributed by atoms with Gasteiger partial charge in [-0.3, -0.25) is 14.4 Å². The number of carboxylic acid groups (broad SMARTS) is 2. The monoisotopic (exact) mass is 187 g/mol. The Labute approximate surface area is 73.5 Å². The lowest BCUT2D eigenvalue weighted by atomic mass is 9.84.